The minimum Gasteiger partial charge on any atom is -0.449 e. The Morgan fingerprint density at radius 2 is 1.02 bits per heavy atom. The molecule has 4 aliphatic carbocycles. The van der Waals surface area contributed by atoms with E-state index in [9.17, 15) is 0 Å². The summed E-state index contributed by atoms with van der Waals surface area (Å²) in [5, 5.41) is 2.67. The van der Waals surface area contributed by atoms with E-state index in [1.165, 1.54) is 92.3 Å². The molecule has 1 aliphatic heterocycles. The van der Waals surface area contributed by atoms with E-state index < -0.39 is 5.41 Å². The van der Waals surface area contributed by atoms with Crippen LogP contribution in [-0.4, -0.2) is 0 Å². The van der Waals surface area contributed by atoms with Gasteiger partial charge in [-0.1, -0.05) is 141 Å². The van der Waals surface area contributed by atoms with E-state index >= 15 is 0 Å². The zero-order valence-electron chi connectivity index (χ0n) is 34.3. The standard InChI is InChI=1S/C58H39NO2S/c1-57(2)44-20-8-3-14-36(44)40-28-26-34(30-48(40)57)59(50-24-13-19-42-41-18-7-12-25-55(41)62-56(42)50)35-27-29-51-52(31-35)61-54-33-49-43(32-53(54)60-51)39-17-6-11-23-47(39)58(49)45-21-9-4-15-37(45)38-16-5-10-22-46(38)58/h3-12,14-23,25-33H,13,24H2,1-2H3. The number of benzene rings is 8. The monoisotopic (exact) mass is 813 g/mol. The molecule has 9 aromatic rings. The van der Waals surface area contributed by atoms with Crippen LogP contribution in [0.1, 0.15) is 60.1 Å². The maximum absolute atomic E-state index is 7.10. The summed E-state index contributed by atoms with van der Waals surface area (Å²) in [5.74, 6) is 2.90. The van der Waals surface area contributed by atoms with E-state index in [0.717, 1.165) is 35.7 Å². The van der Waals surface area contributed by atoms with Gasteiger partial charge >= 0.3 is 0 Å². The Kier molecular flexibility index (Phi) is 6.83. The zero-order valence-corrected chi connectivity index (χ0v) is 35.1. The number of hydrogen-bond acceptors (Lipinski definition) is 4. The predicted octanol–water partition coefficient (Wildman–Crippen LogP) is 14.0. The molecule has 0 bridgehead atoms. The minimum atomic E-state index is -0.464. The van der Waals surface area contributed by atoms with Gasteiger partial charge in [0.05, 0.1) is 9.95 Å². The van der Waals surface area contributed by atoms with Crippen LogP contribution < -0.4 is 24.1 Å². The highest BCUT2D eigenvalue weighted by Crippen LogP contribution is 2.65. The van der Waals surface area contributed by atoms with Crippen molar-refractivity contribution >= 4 is 44.6 Å². The van der Waals surface area contributed by atoms with Crippen LogP contribution >= 0.6 is 11.3 Å². The average molecular weight is 814 g/mol. The Balaban J connectivity index is 0.948. The van der Waals surface area contributed by atoms with Gasteiger partial charge in [-0.3, -0.25) is 0 Å². The first-order chi connectivity index (χ1) is 30.5. The van der Waals surface area contributed by atoms with Crippen molar-refractivity contribution in [1.29, 1.82) is 0 Å². The number of anilines is 2. The maximum atomic E-state index is 7.10. The first-order valence-electron chi connectivity index (χ1n) is 21.7. The SMILES string of the molecule is CC1(C)c2ccccc2-c2ccc(N(C3=c4sc5ccccc5c4=CCC3)c3ccc4c(c3)Oc3cc5c(cc3O4)-c3ccccc3C53c4ccccc4-c4ccccc43)cc21. The summed E-state index contributed by atoms with van der Waals surface area (Å²) in [6.45, 7) is 4.73. The molecular weight excluding hydrogens is 775 g/mol. The molecule has 4 heteroatoms. The van der Waals surface area contributed by atoms with Crippen molar-refractivity contribution in [3.8, 4) is 56.4 Å². The van der Waals surface area contributed by atoms with Gasteiger partial charge in [0.15, 0.2) is 23.0 Å². The number of hydrogen-bond donors (Lipinski definition) is 0. The van der Waals surface area contributed by atoms with Crippen LogP contribution in [0.5, 0.6) is 23.0 Å². The highest BCUT2D eigenvalue weighted by atomic mass is 32.1. The Labute approximate surface area is 364 Å². The Morgan fingerprint density at radius 3 is 1.76 bits per heavy atom. The van der Waals surface area contributed by atoms with Crippen LogP contribution in [0, 0.1) is 0 Å². The molecule has 0 saturated carbocycles. The van der Waals surface area contributed by atoms with Crippen LogP contribution in [0.4, 0.5) is 11.4 Å². The third kappa shape index (κ3) is 4.39. The van der Waals surface area contributed by atoms with Crippen molar-refractivity contribution in [2.75, 3.05) is 4.90 Å². The van der Waals surface area contributed by atoms with E-state index in [4.69, 9.17) is 9.47 Å². The molecule has 2 heterocycles. The lowest BCUT2D eigenvalue weighted by Gasteiger charge is -2.32. The molecular formula is C58H39NO2S. The van der Waals surface area contributed by atoms with Crippen LogP contribution in [0.2, 0.25) is 0 Å². The van der Waals surface area contributed by atoms with Crippen LogP contribution in [0.3, 0.4) is 0 Å². The van der Waals surface area contributed by atoms with Crippen molar-refractivity contribution in [1.82, 2.24) is 0 Å². The van der Waals surface area contributed by atoms with Gasteiger partial charge in [-0.2, -0.15) is 0 Å². The first-order valence-corrected chi connectivity index (χ1v) is 22.5. The summed E-state index contributed by atoms with van der Waals surface area (Å²) in [4.78, 5) is 2.50. The zero-order chi connectivity index (χ0) is 40.9. The minimum absolute atomic E-state index is 0.129. The van der Waals surface area contributed by atoms with Gasteiger partial charge in [0.2, 0.25) is 0 Å². The molecule has 3 nitrogen and oxygen atoms in total. The molecule has 62 heavy (non-hydrogen) atoms. The number of rotatable bonds is 3. The molecule has 8 aromatic carbocycles. The molecule has 0 N–H and O–H groups in total. The highest BCUT2D eigenvalue weighted by molar-refractivity contribution is 7.17. The van der Waals surface area contributed by atoms with E-state index in [1.54, 1.807) is 0 Å². The summed E-state index contributed by atoms with van der Waals surface area (Å²) >= 11 is 1.90. The quantitative estimate of drug-likeness (QED) is 0.177. The fourth-order valence-corrected chi connectivity index (χ4v) is 13.0. The summed E-state index contributed by atoms with van der Waals surface area (Å²) in [7, 11) is 0. The van der Waals surface area contributed by atoms with Crippen LogP contribution in [-0.2, 0) is 10.8 Å². The van der Waals surface area contributed by atoms with Crippen molar-refractivity contribution in [2.45, 2.75) is 37.5 Å². The first kappa shape index (κ1) is 34.6. The fraction of sp³-hybridized carbons (Fsp3) is 0.103. The van der Waals surface area contributed by atoms with Gasteiger partial charge < -0.3 is 14.4 Å². The van der Waals surface area contributed by atoms with Gasteiger partial charge in [0.25, 0.3) is 0 Å². The number of ether oxygens (including phenoxy) is 2. The molecule has 0 radical (unpaired) electrons. The third-order valence-electron chi connectivity index (χ3n) is 14.4. The lowest BCUT2D eigenvalue weighted by molar-refractivity contribution is 0.359. The molecule has 5 aliphatic rings. The van der Waals surface area contributed by atoms with Gasteiger partial charge in [-0.15, -0.1) is 11.3 Å². The van der Waals surface area contributed by atoms with Crippen molar-refractivity contribution in [2.24, 2.45) is 0 Å². The summed E-state index contributed by atoms with van der Waals surface area (Å²) < 4.78 is 16.6. The number of nitrogens with zero attached hydrogens (tertiary/aromatic N) is 1. The van der Waals surface area contributed by atoms with Crippen LogP contribution in [0.25, 0.3) is 55.2 Å². The van der Waals surface area contributed by atoms with E-state index in [1.807, 2.05) is 11.3 Å². The predicted molar refractivity (Wildman–Crippen MR) is 254 cm³/mol. The second kappa shape index (κ2) is 12.2. The molecule has 1 aromatic heterocycles. The topological polar surface area (TPSA) is 21.7 Å². The second-order valence-corrected chi connectivity index (χ2v) is 18.9. The molecule has 0 amide bonds. The lowest BCUT2D eigenvalue weighted by Crippen LogP contribution is -2.32. The lowest BCUT2D eigenvalue weighted by atomic mass is 9.70. The maximum Gasteiger partial charge on any atom is 0.172 e. The summed E-state index contributed by atoms with van der Waals surface area (Å²) in [5.41, 5.74) is 18.4. The third-order valence-corrected chi connectivity index (χ3v) is 15.6. The number of fused-ring (bicyclic) bond motifs is 18. The van der Waals surface area contributed by atoms with E-state index in [0.29, 0.717) is 11.5 Å². The summed E-state index contributed by atoms with van der Waals surface area (Å²) in [6, 6.07) is 62.6. The molecule has 0 unspecified atom stereocenters. The average Bonchev–Trinajstić information content (AvgIpc) is 4.00. The molecule has 14 rings (SSSR count). The van der Waals surface area contributed by atoms with E-state index in [2.05, 4.69) is 195 Å². The van der Waals surface area contributed by atoms with Gasteiger partial charge in [0, 0.05) is 38.6 Å². The number of thiophene rings is 1. The largest absolute Gasteiger partial charge is 0.449 e. The second-order valence-electron chi connectivity index (χ2n) is 17.8. The van der Waals surface area contributed by atoms with Crippen molar-refractivity contribution in [3.05, 3.63) is 213 Å². The molecule has 1 spiro atoms. The molecule has 0 atom stereocenters. The smallest absolute Gasteiger partial charge is 0.172 e. The summed E-state index contributed by atoms with van der Waals surface area (Å²) in [6.07, 6.45) is 4.33. The van der Waals surface area contributed by atoms with E-state index in [-0.39, 0.29) is 5.41 Å². The fourth-order valence-electron chi connectivity index (χ4n) is 11.7. The van der Waals surface area contributed by atoms with Gasteiger partial charge in [-0.25, -0.2) is 0 Å². The molecule has 0 saturated heterocycles. The van der Waals surface area contributed by atoms with Crippen molar-refractivity contribution < 1.29 is 9.47 Å². The Hall–Kier alpha value is -7.14. The van der Waals surface area contributed by atoms with Crippen molar-refractivity contribution in [3.63, 3.8) is 0 Å². The molecule has 0 fully saturated rings. The Morgan fingerprint density at radius 1 is 0.468 bits per heavy atom. The van der Waals surface area contributed by atoms with Crippen LogP contribution in [0.15, 0.2) is 170 Å². The Bertz CT molecular complexity index is 3550. The van der Waals surface area contributed by atoms with Gasteiger partial charge in [-0.05, 0) is 127 Å². The normalized spacial score (nSPS) is 15.7. The van der Waals surface area contributed by atoms with Gasteiger partial charge in [0.1, 0.15) is 0 Å². The highest BCUT2D eigenvalue weighted by Gasteiger charge is 2.52. The molecule has 294 valence electrons.